The van der Waals surface area contributed by atoms with Crippen molar-refractivity contribution in [3.8, 4) is 0 Å². The molecule has 1 unspecified atom stereocenters. The molecule has 8 heteroatoms. The van der Waals surface area contributed by atoms with E-state index >= 15 is 0 Å². The van der Waals surface area contributed by atoms with Gasteiger partial charge in [-0.1, -0.05) is 12.1 Å². The number of thiazole rings is 1. The standard InChI is InChI=1S/C21H29FN4O2S/c1-5-23-21(24-12-8-10-16-9-7-11-17(22)13-16)26-15(4)19-25-14(3)18(29-19)20(27)28-6-2/h7,9,11,13,15H,5-6,8,10,12H2,1-4H3,(H2,23,24,26). The van der Waals surface area contributed by atoms with Crippen LogP contribution in [0, 0.1) is 12.7 Å². The molecule has 29 heavy (non-hydrogen) atoms. The third kappa shape index (κ3) is 7.12. The van der Waals surface area contributed by atoms with Crippen molar-refractivity contribution in [2.45, 2.75) is 46.6 Å². The largest absolute Gasteiger partial charge is 0.462 e. The molecular weight excluding hydrogens is 391 g/mol. The molecule has 0 saturated carbocycles. The molecule has 1 atom stereocenters. The molecule has 1 aromatic carbocycles. The third-order valence-electron chi connectivity index (χ3n) is 4.12. The molecular formula is C21H29FN4O2S. The van der Waals surface area contributed by atoms with E-state index in [1.54, 1.807) is 19.1 Å². The van der Waals surface area contributed by atoms with Crippen LogP contribution in [0.3, 0.4) is 0 Å². The van der Waals surface area contributed by atoms with Crippen molar-refractivity contribution in [1.82, 2.24) is 15.6 Å². The number of guanidine groups is 1. The Hall–Kier alpha value is -2.48. The zero-order chi connectivity index (χ0) is 21.2. The molecule has 0 saturated heterocycles. The zero-order valence-corrected chi connectivity index (χ0v) is 18.2. The van der Waals surface area contributed by atoms with E-state index in [9.17, 15) is 9.18 Å². The maximum absolute atomic E-state index is 13.3. The summed E-state index contributed by atoms with van der Waals surface area (Å²) < 4.78 is 18.3. The number of esters is 1. The molecule has 1 heterocycles. The van der Waals surface area contributed by atoms with Gasteiger partial charge in [-0.15, -0.1) is 11.3 Å². The minimum absolute atomic E-state index is 0.108. The highest BCUT2D eigenvalue weighted by molar-refractivity contribution is 7.13. The molecule has 0 spiro atoms. The summed E-state index contributed by atoms with van der Waals surface area (Å²) >= 11 is 1.34. The summed E-state index contributed by atoms with van der Waals surface area (Å²) in [6.07, 6.45) is 1.59. The summed E-state index contributed by atoms with van der Waals surface area (Å²) in [4.78, 5) is 21.6. The molecule has 0 bridgehead atoms. The van der Waals surface area contributed by atoms with E-state index < -0.39 is 0 Å². The molecule has 2 aromatic rings. The smallest absolute Gasteiger partial charge is 0.350 e. The van der Waals surface area contributed by atoms with Crippen LogP contribution in [0.1, 0.15) is 59.2 Å². The topological polar surface area (TPSA) is 75.6 Å². The van der Waals surface area contributed by atoms with Crippen LogP contribution >= 0.6 is 11.3 Å². The third-order valence-corrected chi connectivity index (χ3v) is 5.44. The lowest BCUT2D eigenvalue weighted by Crippen LogP contribution is -2.38. The molecule has 0 aliphatic rings. The van der Waals surface area contributed by atoms with Gasteiger partial charge in [-0.3, -0.25) is 4.99 Å². The second-order valence-electron chi connectivity index (χ2n) is 6.55. The zero-order valence-electron chi connectivity index (χ0n) is 17.4. The normalized spacial score (nSPS) is 12.5. The number of carbonyl (C=O) groups excluding carboxylic acids is 1. The predicted molar refractivity (Wildman–Crippen MR) is 115 cm³/mol. The maximum Gasteiger partial charge on any atom is 0.350 e. The van der Waals surface area contributed by atoms with Crippen LogP contribution < -0.4 is 10.6 Å². The van der Waals surface area contributed by atoms with Crippen LogP contribution in [0.4, 0.5) is 4.39 Å². The first kappa shape index (κ1) is 22.8. The lowest BCUT2D eigenvalue weighted by Gasteiger charge is -2.16. The molecule has 0 aliphatic carbocycles. The fourth-order valence-corrected chi connectivity index (χ4v) is 3.70. The first-order valence-electron chi connectivity index (χ1n) is 9.88. The Balaban J connectivity index is 1.95. The van der Waals surface area contributed by atoms with Crippen molar-refractivity contribution < 1.29 is 13.9 Å². The van der Waals surface area contributed by atoms with Crippen molar-refractivity contribution in [2.75, 3.05) is 19.7 Å². The van der Waals surface area contributed by atoms with E-state index in [0.717, 1.165) is 30.0 Å². The number of aromatic nitrogens is 1. The van der Waals surface area contributed by atoms with E-state index in [-0.39, 0.29) is 17.8 Å². The number of aliphatic imine (C=N–C) groups is 1. The number of rotatable bonds is 9. The number of ether oxygens (including phenoxy) is 1. The van der Waals surface area contributed by atoms with Crippen LogP contribution in [-0.4, -0.2) is 36.6 Å². The molecule has 0 aliphatic heterocycles. The van der Waals surface area contributed by atoms with Crippen molar-refractivity contribution in [2.24, 2.45) is 4.99 Å². The number of carbonyl (C=O) groups is 1. The molecule has 6 nitrogen and oxygen atoms in total. The Bertz CT molecular complexity index is 838. The van der Waals surface area contributed by atoms with Crippen molar-refractivity contribution >= 4 is 23.3 Å². The Labute approximate surface area is 175 Å². The van der Waals surface area contributed by atoms with Gasteiger partial charge in [-0.2, -0.15) is 0 Å². The summed E-state index contributed by atoms with van der Waals surface area (Å²) in [5.74, 6) is 0.138. The summed E-state index contributed by atoms with van der Waals surface area (Å²) in [5, 5.41) is 7.35. The monoisotopic (exact) mass is 420 g/mol. The Morgan fingerprint density at radius 1 is 1.38 bits per heavy atom. The Morgan fingerprint density at radius 2 is 2.17 bits per heavy atom. The van der Waals surface area contributed by atoms with Gasteiger partial charge < -0.3 is 15.4 Å². The minimum atomic E-state index is -0.334. The average molecular weight is 421 g/mol. The van der Waals surface area contributed by atoms with Gasteiger partial charge in [-0.25, -0.2) is 14.2 Å². The van der Waals surface area contributed by atoms with Gasteiger partial charge in [0.15, 0.2) is 5.96 Å². The molecule has 2 N–H and O–H groups in total. The number of nitrogens with zero attached hydrogens (tertiary/aromatic N) is 2. The van der Waals surface area contributed by atoms with Crippen LogP contribution in [0.25, 0.3) is 0 Å². The fourth-order valence-electron chi connectivity index (χ4n) is 2.74. The van der Waals surface area contributed by atoms with Gasteiger partial charge in [0, 0.05) is 13.1 Å². The highest BCUT2D eigenvalue weighted by atomic mass is 32.1. The summed E-state index contributed by atoms with van der Waals surface area (Å²) in [6, 6.07) is 6.54. The summed E-state index contributed by atoms with van der Waals surface area (Å²) in [6.45, 7) is 9.26. The molecule has 158 valence electrons. The van der Waals surface area contributed by atoms with E-state index in [1.807, 2.05) is 26.8 Å². The van der Waals surface area contributed by atoms with Crippen LogP contribution in [0.5, 0.6) is 0 Å². The van der Waals surface area contributed by atoms with E-state index in [1.165, 1.54) is 17.4 Å². The van der Waals surface area contributed by atoms with Crippen LogP contribution in [0.15, 0.2) is 29.3 Å². The first-order chi connectivity index (χ1) is 13.9. The highest BCUT2D eigenvalue weighted by Gasteiger charge is 2.20. The number of benzene rings is 1. The van der Waals surface area contributed by atoms with Gasteiger partial charge in [0.1, 0.15) is 15.7 Å². The summed E-state index contributed by atoms with van der Waals surface area (Å²) in [7, 11) is 0. The van der Waals surface area contributed by atoms with Gasteiger partial charge in [0.2, 0.25) is 0 Å². The second-order valence-corrected chi connectivity index (χ2v) is 7.58. The number of hydrogen-bond acceptors (Lipinski definition) is 5. The van der Waals surface area contributed by atoms with Gasteiger partial charge in [0.05, 0.1) is 18.3 Å². The number of halogens is 1. The molecule has 0 fully saturated rings. The van der Waals surface area contributed by atoms with Gasteiger partial charge in [-0.05, 0) is 58.2 Å². The number of hydrogen-bond donors (Lipinski definition) is 2. The average Bonchev–Trinajstić information content (AvgIpc) is 3.07. The maximum atomic E-state index is 13.3. The molecule has 0 radical (unpaired) electrons. The quantitative estimate of drug-likeness (QED) is 0.277. The van der Waals surface area contributed by atoms with Crippen molar-refractivity contribution in [3.05, 3.63) is 51.2 Å². The lowest BCUT2D eigenvalue weighted by atomic mass is 10.1. The van der Waals surface area contributed by atoms with Gasteiger partial charge in [0.25, 0.3) is 0 Å². The van der Waals surface area contributed by atoms with E-state index in [2.05, 4.69) is 20.6 Å². The molecule has 2 rings (SSSR count). The van der Waals surface area contributed by atoms with Crippen LogP contribution in [-0.2, 0) is 11.2 Å². The fraction of sp³-hybridized carbons (Fsp3) is 0.476. The number of aryl methyl sites for hydroxylation is 2. The van der Waals surface area contributed by atoms with E-state index in [4.69, 9.17) is 4.74 Å². The highest BCUT2D eigenvalue weighted by Crippen LogP contribution is 2.24. The van der Waals surface area contributed by atoms with Crippen LogP contribution in [0.2, 0.25) is 0 Å². The van der Waals surface area contributed by atoms with E-state index in [0.29, 0.717) is 29.7 Å². The van der Waals surface area contributed by atoms with Crippen molar-refractivity contribution in [3.63, 3.8) is 0 Å². The van der Waals surface area contributed by atoms with Gasteiger partial charge >= 0.3 is 5.97 Å². The predicted octanol–water partition coefficient (Wildman–Crippen LogP) is 4.02. The van der Waals surface area contributed by atoms with Crippen molar-refractivity contribution in [1.29, 1.82) is 0 Å². The first-order valence-corrected chi connectivity index (χ1v) is 10.7. The Kier molecular flexibility index (Phi) is 9.05. The second kappa shape index (κ2) is 11.5. The minimum Gasteiger partial charge on any atom is -0.462 e. The molecule has 1 aromatic heterocycles. The lowest BCUT2D eigenvalue weighted by molar-refractivity contribution is 0.0531. The SMILES string of the molecule is CCNC(=NCCCc1cccc(F)c1)NC(C)c1nc(C)c(C(=O)OCC)s1. The molecule has 0 amide bonds. The Morgan fingerprint density at radius 3 is 2.86 bits per heavy atom. The summed E-state index contributed by atoms with van der Waals surface area (Å²) in [5.41, 5.74) is 1.64. The number of nitrogens with one attached hydrogen (secondary N) is 2.